The van der Waals surface area contributed by atoms with Crippen LogP contribution in [-0.4, -0.2) is 42.1 Å². The second-order valence-corrected chi connectivity index (χ2v) is 9.50. The minimum absolute atomic E-state index is 0.0666. The monoisotopic (exact) mass is 453 g/mol. The quantitative estimate of drug-likeness (QED) is 0.676. The molecule has 0 amide bonds. The third kappa shape index (κ3) is 4.60. The van der Waals surface area contributed by atoms with Crippen LogP contribution in [0, 0.1) is 6.92 Å². The summed E-state index contributed by atoms with van der Waals surface area (Å²) in [5, 5.41) is 10.9. The van der Waals surface area contributed by atoms with Gasteiger partial charge in [-0.1, -0.05) is 45.8 Å². The first kappa shape index (κ1) is 20.5. The molecule has 7 heteroatoms. The number of benzene rings is 2. The van der Waals surface area contributed by atoms with Gasteiger partial charge in [0, 0.05) is 17.1 Å². The fraction of sp³-hybridized carbons (Fsp3) is 0.400. The Hall–Kier alpha value is -1.25. The van der Waals surface area contributed by atoms with Crippen LogP contribution in [0.2, 0.25) is 0 Å². The summed E-state index contributed by atoms with van der Waals surface area (Å²) >= 11 is 3.44. The van der Waals surface area contributed by atoms with Crippen molar-refractivity contribution in [3.05, 3.63) is 64.1 Å². The van der Waals surface area contributed by atoms with Crippen molar-refractivity contribution in [1.82, 2.24) is 4.90 Å². The van der Waals surface area contributed by atoms with Crippen LogP contribution < -0.4 is 0 Å². The van der Waals surface area contributed by atoms with E-state index in [2.05, 4.69) is 20.8 Å². The van der Waals surface area contributed by atoms with Crippen LogP contribution >= 0.6 is 15.9 Å². The Morgan fingerprint density at radius 3 is 2.30 bits per heavy atom. The molecule has 2 fully saturated rings. The molecule has 2 heterocycles. The molecule has 2 aliphatic rings. The van der Waals surface area contributed by atoms with E-state index in [-0.39, 0.29) is 4.90 Å². The third-order valence-electron chi connectivity index (χ3n) is 5.36. The summed E-state index contributed by atoms with van der Waals surface area (Å²) in [5.41, 5.74) is 1.42. The van der Waals surface area contributed by atoms with E-state index in [1.54, 1.807) is 12.1 Å². The molecule has 0 aliphatic carbocycles. The Bertz CT molecular complexity index is 883. The van der Waals surface area contributed by atoms with Crippen molar-refractivity contribution in [1.29, 1.82) is 0 Å². The smallest absolute Gasteiger partial charge is 0.294 e. The first-order valence-corrected chi connectivity index (χ1v) is 11.2. The molecule has 0 bridgehead atoms. The number of aliphatic hydroxyl groups is 1. The molecule has 0 saturated carbocycles. The van der Waals surface area contributed by atoms with E-state index >= 15 is 0 Å². The standard InChI is InChI=1S/C13H16BrNO.C7H8O3S/c14-11-5-3-10(4-6-11)13(16)7-9-15-8-1-2-12(13)15;1-6-2-4-7(5-3-6)11(8,9)10/h3-6,12,16H,1-2,7-9H2;2-5H,1H3,(H,8,9,10)/t12-,13-;/m0./s1. The molecule has 5 nitrogen and oxygen atoms in total. The molecular formula is C20H24BrNO4S. The SMILES string of the molecule is Cc1ccc(S(=O)(=O)O)cc1.O[C@]1(c2ccc(Br)cc2)CCN2CCC[C@H]21. The van der Waals surface area contributed by atoms with Gasteiger partial charge in [0.2, 0.25) is 0 Å². The molecule has 0 unspecified atom stereocenters. The van der Waals surface area contributed by atoms with E-state index in [4.69, 9.17) is 4.55 Å². The average Bonchev–Trinajstić information content (AvgIpc) is 3.21. The Balaban J connectivity index is 0.000000168. The van der Waals surface area contributed by atoms with Crippen LogP contribution in [0.15, 0.2) is 57.9 Å². The molecule has 2 aromatic rings. The molecule has 2 saturated heterocycles. The number of fused-ring (bicyclic) bond motifs is 1. The Kier molecular flexibility index (Phi) is 6.08. The maximum Gasteiger partial charge on any atom is 0.294 e. The molecule has 2 atom stereocenters. The number of rotatable bonds is 2. The first-order chi connectivity index (χ1) is 12.7. The minimum Gasteiger partial charge on any atom is -0.383 e. The minimum atomic E-state index is -4.02. The van der Waals surface area contributed by atoms with Crippen molar-refractivity contribution in [2.45, 2.75) is 42.7 Å². The van der Waals surface area contributed by atoms with Gasteiger partial charge in [-0.15, -0.1) is 0 Å². The number of nitrogens with zero attached hydrogens (tertiary/aromatic N) is 1. The molecule has 0 radical (unpaired) electrons. The molecule has 2 aromatic carbocycles. The lowest BCUT2D eigenvalue weighted by atomic mass is 9.85. The van der Waals surface area contributed by atoms with E-state index in [0.29, 0.717) is 6.04 Å². The van der Waals surface area contributed by atoms with E-state index in [0.717, 1.165) is 41.5 Å². The molecule has 27 heavy (non-hydrogen) atoms. The zero-order chi connectivity index (χ0) is 19.7. The molecule has 4 rings (SSSR count). The molecule has 0 aromatic heterocycles. The molecule has 0 spiro atoms. The van der Waals surface area contributed by atoms with Gasteiger partial charge >= 0.3 is 0 Å². The van der Waals surface area contributed by atoms with Crippen LogP contribution in [0.5, 0.6) is 0 Å². The summed E-state index contributed by atoms with van der Waals surface area (Å²) in [6.07, 6.45) is 3.23. The van der Waals surface area contributed by atoms with Gasteiger partial charge in [0.25, 0.3) is 10.1 Å². The highest BCUT2D eigenvalue weighted by Crippen LogP contribution is 2.42. The summed E-state index contributed by atoms with van der Waals surface area (Å²) < 4.78 is 30.6. The zero-order valence-electron chi connectivity index (χ0n) is 15.2. The highest BCUT2D eigenvalue weighted by Gasteiger charge is 2.48. The first-order valence-electron chi connectivity index (χ1n) is 8.97. The van der Waals surface area contributed by atoms with E-state index in [1.807, 2.05) is 31.2 Å². The highest BCUT2D eigenvalue weighted by atomic mass is 79.9. The maximum atomic E-state index is 10.9. The van der Waals surface area contributed by atoms with Gasteiger partial charge in [-0.25, -0.2) is 0 Å². The molecule has 2 aliphatic heterocycles. The maximum absolute atomic E-state index is 10.9. The fourth-order valence-electron chi connectivity index (χ4n) is 3.90. The molecule has 146 valence electrons. The second kappa shape index (κ2) is 8.01. The van der Waals surface area contributed by atoms with E-state index in [1.165, 1.54) is 18.6 Å². The average molecular weight is 454 g/mol. The van der Waals surface area contributed by atoms with E-state index < -0.39 is 15.7 Å². The molecule has 2 N–H and O–H groups in total. The van der Waals surface area contributed by atoms with Gasteiger partial charge in [0.1, 0.15) is 5.60 Å². The van der Waals surface area contributed by atoms with Crippen LogP contribution in [-0.2, 0) is 15.7 Å². The van der Waals surface area contributed by atoms with Gasteiger partial charge in [-0.05, 0) is 62.6 Å². The normalized spacial score (nSPS) is 25.0. The number of hydrogen-bond acceptors (Lipinski definition) is 4. The van der Waals surface area contributed by atoms with Crippen LogP contribution in [0.3, 0.4) is 0 Å². The lowest BCUT2D eigenvalue weighted by molar-refractivity contribution is 0.00937. The summed E-state index contributed by atoms with van der Waals surface area (Å²) in [4.78, 5) is 2.37. The predicted molar refractivity (Wildman–Crippen MR) is 108 cm³/mol. The van der Waals surface area contributed by atoms with Crippen molar-refractivity contribution in [2.24, 2.45) is 0 Å². The summed E-state index contributed by atoms with van der Waals surface area (Å²) in [7, 11) is -4.02. The fourth-order valence-corrected chi connectivity index (χ4v) is 4.65. The zero-order valence-corrected chi connectivity index (χ0v) is 17.6. The van der Waals surface area contributed by atoms with Crippen LogP contribution in [0.25, 0.3) is 0 Å². The van der Waals surface area contributed by atoms with Crippen molar-refractivity contribution in [2.75, 3.05) is 13.1 Å². The van der Waals surface area contributed by atoms with Gasteiger partial charge in [0.15, 0.2) is 0 Å². The van der Waals surface area contributed by atoms with Crippen LogP contribution in [0.4, 0.5) is 0 Å². The summed E-state index contributed by atoms with van der Waals surface area (Å²) in [6.45, 7) is 4.04. The van der Waals surface area contributed by atoms with Crippen molar-refractivity contribution in [3.63, 3.8) is 0 Å². The lowest BCUT2D eigenvalue weighted by Crippen LogP contribution is -2.38. The highest BCUT2D eigenvalue weighted by molar-refractivity contribution is 9.10. The molecular weight excluding hydrogens is 430 g/mol. The Morgan fingerprint density at radius 1 is 1.07 bits per heavy atom. The van der Waals surface area contributed by atoms with Crippen molar-refractivity contribution < 1.29 is 18.1 Å². The number of aryl methyl sites for hydroxylation is 1. The second-order valence-electron chi connectivity index (χ2n) is 7.16. The number of hydrogen-bond donors (Lipinski definition) is 2. The summed E-state index contributed by atoms with van der Waals surface area (Å²) in [6, 6.07) is 14.5. The van der Waals surface area contributed by atoms with Gasteiger partial charge < -0.3 is 5.11 Å². The van der Waals surface area contributed by atoms with Crippen molar-refractivity contribution >= 4 is 26.0 Å². The van der Waals surface area contributed by atoms with Gasteiger partial charge in [-0.2, -0.15) is 8.42 Å². The van der Waals surface area contributed by atoms with Gasteiger partial charge in [0.05, 0.1) is 4.90 Å². The van der Waals surface area contributed by atoms with Crippen molar-refractivity contribution in [3.8, 4) is 0 Å². The summed E-state index contributed by atoms with van der Waals surface area (Å²) in [5.74, 6) is 0. The topological polar surface area (TPSA) is 77.8 Å². The number of halogens is 1. The van der Waals surface area contributed by atoms with Gasteiger partial charge in [-0.3, -0.25) is 9.45 Å². The Morgan fingerprint density at radius 2 is 1.70 bits per heavy atom. The Labute approximate surface area is 168 Å². The van der Waals surface area contributed by atoms with Crippen LogP contribution in [0.1, 0.15) is 30.4 Å². The largest absolute Gasteiger partial charge is 0.383 e. The third-order valence-corrected chi connectivity index (χ3v) is 6.75. The predicted octanol–water partition coefficient (Wildman–Crippen LogP) is 3.75. The van der Waals surface area contributed by atoms with E-state index in [9.17, 15) is 13.5 Å². The lowest BCUT2D eigenvalue weighted by Gasteiger charge is -2.30.